The lowest BCUT2D eigenvalue weighted by Gasteiger charge is -2.26. The highest BCUT2D eigenvalue weighted by Gasteiger charge is 2.25. The average Bonchev–Trinajstić information content (AvgIpc) is 2.54. The van der Waals surface area contributed by atoms with Gasteiger partial charge in [-0.2, -0.15) is 0 Å². The van der Waals surface area contributed by atoms with Gasteiger partial charge in [0.1, 0.15) is 0 Å². The second-order valence-corrected chi connectivity index (χ2v) is 4.76. The van der Waals surface area contributed by atoms with Gasteiger partial charge in [-0.3, -0.25) is 9.59 Å². The lowest BCUT2D eigenvalue weighted by molar-refractivity contribution is -0.130. The molecule has 0 spiro atoms. The van der Waals surface area contributed by atoms with Gasteiger partial charge in [0.25, 0.3) is 11.7 Å². The first-order chi connectivity index (χ1) is 9.77. The molecule has 1 heterocycles. The summed E-state index contributed by atoms with van der Waals surface area (Å²) in [4.78, 5) is 26.3. The number of ketones is 1. The largest absolute Gasteiger partial charge is 0.378 e. The molecule has 0 N–H and O–H groups in total. The van der Waals surface area contributed by atoms with Crippen molar-refractivity contribution < 1.29 is 14.3 Å². The van der Waals surface area contributed by atoms with Crippen molar-refractivity contribution in [3.05, 3.63) is 48.0 Å². The third-order valence-corrected chi connectivity index (χ3v) is 3.53. The van der Waals surface area contributed by atoms with E-state index in [2.05, 4.69) is 0 Å². The van der Waals surface area contributed by atoms with E-state index in [1.54, 1.807) is 11.0 Å². The van der Waals surface area contributed by atoms with Crippen molar-refractivity contribution in [3.8, 4) is 0 Å². The molecule has 3 rings (SSSR count). The zero-order chi connectivity index (χ0) is 13.9. The highest BCUT2D eigenvalue weighted by atomic mass is 16.5. The van der Waals surface area contributed by atoms with Crippen molar-refractivity contribution >= 4 is 22.5 Å². The van der Waals surface area contributed by atoms with Crippen LogP contribution in [0.5, 0.6) is 0 Å². The molecule has 1 aliphatic rings. The third-order valence-electron chi connectivity index (χ3n) is 3.53. The second-order valence-electron chi connectivity index (χ2n) is 4.76. The van der Waals surface area contributed by atoms with Crippen LogP contribution in [0.2, 0.25) is 0 Å². The molecular weight excluding hydrogens is 254 g/mol. The number of hydrogen-bond acceptors (Lipinski definition) is 3. The second kappa shape index (κ2) is 5.43. The Hall–Kier alpha value is -2.20. The molecule has 4 nitrogen and oxygen atoms in total. The fourth-order valence-electron chi connectivity index (χ4n) is 2.45. The normalized spacial score (nSPS) is 15.3. The number of Topliss-reactive ketones (excluding diaryl/α,β-unsaturated/α-hetero) is 1. The van der Waals surface area contributed by atoms with Gasteiger partial charge < -0.3 is 9.64 Å². The minimum Gasteiger partial charge on any atom is -0.378 e. The highest BCUT2D eigenvalue weighted by Crippen LogP contribution is 2.19. The van der Waals surface area contributed by atoms with Crippen LogP contribution < -0.4 is 0 Å². The first-order valence-corrected chi connectivity index (χ1v) is 6.66. The Bertz CT molecular complexity index is 654. The van der Waals surface area contributed by atoms with Gasteiger partial charge >= 0.3 is 0 Å². The average molecular weight is 269 g/mol. The summed E-state index contributed by atoms with van der Waals surface area (Å²) in [6, 6.07) is 13.1. The van der Waals surface area contributed by atoms with Gasteiger partial charge in [0, 0.05) is 18.7 Å². The third kappa shape index (κ3) is 2.30. The van der Waals surface area contributed by atoms with Crippen LogP contribution >= 0.6 is 0 Å². The lowest BCUT2D eigenvalue weighted by Crippen LogP contribution is -2.44. The van der Waals surface area contributed by atoms with Gasteiger partial charge in [-0.1, -0.05) is 42.5 Å². The summed E-state index contributed by atoms with van der Waals surface area (Å²) < 4.78 is 5.20. The number of amides is 1. The molecule has 0 aromatic heterocycles. The predicted octanol–water partition coefficient (Wildman–Crippen LogP) is 1.88. The zero-order valence-electron chi connectivity index (χ0n) is 11.0. The van der Waals surface area contributed by atoms with E-state index in [4.69, 9.17) is 4.74 Å². The number of carbonyl (C=O) groups is 2. The van der Waals surface area contributed by atoms with E-state index in [0.29, 0.717) is 31.9 Å². The van der Waals surface area contributed by atoms with Crippen molar-refractivity contribution in [1.29, 1.82) is 0 Å². The molecule has 2 aromatic rings. The summed E-state index contributed by atoms with van der Waals surface area (Å²) in [5.41, 5.74) is 0.472. The molecule has 0 atom stereocenters. The maximum absolute atomic E-state index is 12.4. The Morgan fingerprint density at radius 2 is 1.65 bits per heavy atom. The van der Waals surface area contributed by atoms with Gasteiger partial charge in [-0.25, -0.2) is 0 Å². The van der Waals surface area contributed by atoms with Crippen molar-refractivity contribution in [2.24, 2.45) is 0 Å². The Kier molecular flexibility index (Phi) is 3.48. The molecule has 1 saturated heterocycles. The van der Waals surface area contributed by atoms with Crippen LogP contribution in [0.4, 0.5) is 0 Å². The van der Waals surface area contributed by atoms with Crippen LogP contribution in [-0.4, -0.2) is 42.9 Å². The number of fused-ring (bicyclic) bond motifs is 1. The SMILES string of the molecule is O=C(C(=O)N1CCOCC1)c1cccc2ccccc12. The predicted molar refractivity (Wildman–Crippen MR) is 75.7 cm³/mol. The molecule has 0 aliphatic carbocycles. The number of rotatable bonds is 2. The van der Waals surface area contributed by atoms with Crippen LogP contribution in [0.1, 0.15) is 10.4 Å². The van der Waals surface area contributed by atoms with E-state index in [1.807, 2.05) is 36.4 Å². The van der Waals surface area contributed by atoms with Crippen LogP contribution in [0, 0.1) is 0 Å². The van der Waals surface area contributed by atoms with Crippen LogP contribution in [0.3, 0.4) is 0 Å². The lowest BCUT2D eigenvalue weighted by atomic mass is 10.0. The van der Waals surface area contributed by atoms with Crippen molar-refractivity contribution in [2.75, 3.05) is 26.3 Å². The summed E-state index contributed by atoms with van der Waals surface area (Å²) in [7, 11) is 0. The fourth-order valence-corrected chi connectivity index (χ4v) is 2.45. The molecule has 0 radical (unpaired) electrons. The van der Waals surface area contributed by atoms with E-state index >= 15 is 0 Å². The van der Waals surface area contributed by atoms with Gasteiger partial charge in [-0.05, 0) is 10.8 Å². The molecule has 0 saturated carbocycles. The van der Waals surface area contributed by atoms with Crippen molar-refractivity contribution in [3.63, 3.8) is 0 Å². The number of benzene rings is 2. The zero-order valence-corrected chi connectivity index (χ0v) is 11.0. The van der Waals surface area contributed by atoms with Crippen LogP contribution in [-0.2, 0) is 9.53 Å². The minimum atomic E-state index is -0.441. The first kappa shape index (κ1) is 12.8. The number of ether oxygens (including phenoxy) is 1. The standard InChI is InChI=1S/C16H15NO3/c18-15(16(19)17-8-10-20-11-9-17)14-7-3-5-12-4-1-2-6-13(12)14/h1-7H,8-11H2. The summed E-state index contributed by atoms with van der Waals surface area (Å²) in [5.74, 6) is -0.881. The Balaban J connectivity index is 1.94. The molecule has 4 heteroatoms. The maximum atomic E-state index is 12.4. The van der Waals surface area contributed by atoms with Gasteiger partial charge in [-0.15, -0.1) is 0 Å². The molecule has 0 bridgehead atoms. The maximum Gasteiger partial charge on any atom is 0.295 e. The number of morpholine rings is 1. The van der Waals surface area contributed by atoms with Crippen LogP contribution in [0.25, 0.3) is 10.8 Å². The van der Waals surface area contributed by atoms with E-state index in [1.165, 1.54) is 0 Å². The smallest absolute Gasteiger partial charge is 0.295 e. The Labute approximate surface area is 116 Å². The first-order valence-electron chi connectivity index (χ1n) is 6.66. The van der Waals surface area contributed by atoms with Crippen molar-refractivity contribution in [2.45, 2.75) is 0 Å². The summed E-state index contributed by atoms with van der Waals surface area (Å²) >= 11 is 0. The topological polar surface area (TPSA) is 46.6 Å². The monoisotopic (exact) mass is 269 g/mol. The van der Waals surface area contributed by atoms with E-state index in [-0.39, 0.29) is 0 Å². The van der Waals surface area contributed by atoms with Gasteiger partial charge in [0.05, 0.1) is 13.2 Å². The number of hydrogen-bond donors (Lipinski definition) is 0. The Morgan fingerprint density at radius 3 is 2.45 bits per heavy atom. The summed E-state index contributed by atoms with van der Waals surface area (Å²) in [6.07, 6.45) is 0. The molecule has 102 valence electrons. The summed E-state index contributed by atoms with van der Waals surface area (Å²) in [6.45, 7) is 1.95. The van der Waals surface area contributed by atoms with E-state index < -0.39 is 11.7 Å². The highest BCUT2D eigenvalue weighted by molar-refractivity contribution is 6.44. The van der Waals surface area contributed by atoms with Crippen molar-refractivity contribution in [1.82, 2.24) is 4.90 Å². The molecule has 1 aliphatic heterocycles. The molecule has 2 aromatic carbocycles. The number of nitrogens with zero attached hydrogens (tertiary/aromatic N) is 1. The molecular formula is C16H15NO3. The summed E-state index contributed by atoms with van der Waals surface area (Å²) in [5, 5.41) is 1.79. The fraction of sp³-hybridized carbons (Fsp3) is 0.250. The minimum absolute atomic E-state index is 0.440. The molecule has 1 amide bonds. The molecule has 1 fully saturated rings. The number of carbonyl (C=O) groups excluding carboxylic acids is 2. The molecule has 0 unspecified atom stereocenters. The van der Waals surface area contributed by atoms with Gasteiger partial charge in [0.15, 0.2) is 0 Å². The van der Waals surface area contributed by atoms with E-state index in [0.717, 1.165) is 10.8 Å². The van der Waals surface area contributed by atoms with Crippen LogP contribution in [0.15, 0.2) is 42.5 Å². The Morgan fingerprint density at radius 1 is 0.950 bits per heavy atom. The van der Waals surface area contributed by atoms with E-state index in [9.17, 15) is 9.59 Å². The quantitative estimate of drug-likeness (QED) is 0.618. The molecule has 20 heavy (non-hydrogen) atoms. The van der Waals surface area contributed by atoms with Gasteiger partial charge in [0.2, 0.25) is 0 Å².